The van der Waals surface area contributed by atoms with E-state index in [1.807, 2.05) is 65.6 Å². The Kier molecular flexibility index (Phi) is 6.37. The van der Waals surface area contributed by atoms with Crippen LogP contribution in [-0.4, -0.2) is 58.1 Å². The van der Waals surface area contributed by atoms with E-state index in [4.69, 9.17) is 21.3 Å². The van der Waals surface area contributed by atoms with Gasteiger partial charge in [-0.1, -0.05) is 29.8 Å². The van der Waals surface area contributed by atoms with Crippen LogP contribution >= 0.6 is 11.6 Å². The smallest absolute Gasteiger partial charge is 0.270 e. The molecule has 0 bridgehead atoms. The summed E-state index contributed by atoms with van der Waals surface area (Å²) in [5.41, 5.74) is 4.26. The number of nitrogens with zero attached hydrogens (tertiary/aromatic N) is 4. The first-order valence-electron chi connectivity index (χ1n) is 10.5. The zero-order valence-corrected chi connectivity index (χ0v) is 18.2. The SMILES string of the molecule is CCN(CC)C(=O)c1cccc2nc(-c3ccc(Cl)cc3)c(CN3CCCOC3)n12. The molecule has 1 saturated heterocycles. The topological polar surface area (TPSA) is 50.1 Å². The Morgan fingerprint density at radius 3 is 2.60 bits per heavy atom. The summed E-state index contributed by atoms with van der Waals surface area (Å²) in [4.78, 5) is 22.3. The maximum Gasteiger partial charge on any atom is 0.270 e. The number of imidazole rings is 1. The Bertz CT molecular complexity index is 1020. The molecule has 4 rings (SSSR count). The normalized spacial score (nSPS) is 14.9. The first-order valence-corrected chi connectivity index (χ1v) is 10.9. The number of halogens is 1. The fourth-order valence-electron chi connectivity index (χ4n) is 3.96. The molecule has 6 nitrogen and oxygen atoms in total. The Morgan fingerprint density at radius 1 is 1.17 bits per heavy atom. The lowest BCUT2D eigenvalue weighted by atomic mass is 10.1. The molecule has 7 heteroatoms. The fourth-order valence-corrected chi connectivity index (χ4v) is 4.09. The van der Waals surface area contributed by atoms with Gasteiger partial charge in [0, 0.05) is 43.4 Å². The number of hydrogen-bond acceptors (Lipinski definition) is 4. The van der Waals surface area contributed by atoms with Crippen molar-refractivity contribution in [3.05, 3.63) is 58.9 Å². The van der Waals surface area contributed by atoms with Gasteiger partial charge in [0.25, 0.3) is 5.91 Å². The Balaban J connectivity index is 1.88. The van der Waals surface area contributed by atoms with Crippen LogP contribution in [0, 0.1) is 0 Å². The van der Waals surface area contributed by atoms with Gasteiger partial charge >= 0.3 is 0 Å². The lowest BCUT2D eigenvalue weighted by Crippen LogP contribution is -2.34. The molecule has 158 valence electrons. The van der Waals surface area contributed by atoms with E-state index in [-0.39, 0.29) is 5.91 Å². The van der Waals surface area contributed by atoms with Gasteiger partial charge in [0.05, 0.1) is 18.1 Å². The van der Waals surface area contributed by atoms with Gasteiger partial charge in [0.1, 0.15) is 11.3 Å². The molecule has 30 heavy (non-hydrogen) atoms. The highest BCUT2D eigenvalue weighted by Crippen LogP contribution is 2.28. The highest BCUT2D eigenvalue weighted by molar-refractivity contribution is 6.30. The van der Waals surface area contributed by atoms with Crippen LogP contribution in [0.3, 0.4) is 0 Å². The molecule has 1 aromatic carbocycles. The first-order chi connectivity index (χ1) is 14.6. The Labute approximate surface area is 182 Å². The predicted octanol–water partition coefficient (Wildman–Crippen LogP) is 4.32. The second-order valence-electron chi connectivity index (χ2n) is 7.44. The molecular weight excluding hydrogens is 400 g/mol. The second kappa shape index (κ2) is 9.16. The largest absolute Gasteiger partial charge is 0.366 e. The molecule has 1 aliphatic heterocycles. The van der Waals surface area contributed by atoms with Crippen molar-refractivity contribution in [2.24, 2.45) is 0 Å². The monoisotopic (exact) mass is 426 g/mol. The van der Waals surface area contributed by atoms with Crippen molar-refractivity contribution in [2.75, 3.05) is 33.0 Å². The average Bonchev–Trinajstić information content (AvgIpc) is 3.14. The number of hydrogen-bond donors (Lipinski definition) is 0. The molecule has 0 radical (unpaired) electrons. The van der Waals surface area contributed by atoms with Gasteiger partial charge in [0.2, 0.25) is 0 Å². The third-order valence-electron chi connectivity index (χ3n) is 5.54. The van der Waals surface area contributed by atoms with E-state index in [9.17, 15) is 4.79 Å². The summed E-state index contributed by atoms with van der Waals surface area (Å²) in [5, 5.41) is 0.686. The van der Waals surface area contributed by atoms with Gasteiger partial charge in [-0.15, -0.1) is 0 Å². The van der Waals surface area contributed by atoms with E-state index in [2.05, 4.69) is 4.90 Å². The van der Waals surface area contributed by atoms with Gasteiger partial charge in [0.15, 0.2) is 0 Å². The highest BCUT2D eigenvalue weighted by Gasteiger charge is 2.23. The maximum atomic E-state index is 13.3. The number of carbonyl (C=O) groups is 1. The van der Waals surface area contributed by atoms with Crippen LogP contribution in [0.1, 0.15) is 36.5 Å². The van der Waals surface area contributed by atoms with Crippen molar-refractivity contribution in [3.8, 4) is 11.3 Å². The van der Waals surface area contributed by atoms with E-state index in [0.29, 0.717) is 37.1 Å². The average molecular weight is 427 g/mol. The molecule has 1 amide bonds. The number of fused-ring (bicyclic) bond motifs is 1. The second-order valence-corrected chi connectivity index (χ2v) is 7.88. The number of aromatic nitrogens is 2. The van der Waals surface area contributed by atoms with Gasteiger partial charge in [-0.2, -0.15) is 0 Å². The quantitative estimate of drug-likeness (QED) is 0.589. The molecule has 0 N–H and O–H groups in total. The summed E-state index contributed by atoms with van der Waals surface area (Å²) >= 11 is 6.11. The van der Waals surface area contributed by atoms with E-state index in [1.165, 1.54) is 0 Å². The highest BCUT2D eigenvalue weighted by atomic mass is 35.5. The van der Waals surface area contributed by atoms with Crippen molar-refractivity contribution in [1.82, 2.24) is 19.2 Å². The van der Waals surface area contributed by atoms with E-state index in [0.717, 1.165) is 42.2 Å². The fraction of sp³-hybridized carbons (Fsp3) is 0.391. The number of carbonyl (C=O) groups excluding carboxylic acids is 1. The Morgan fingerprint density at radius 2 is 1.93 bits per heavy atom. The zero-order valence-electron chi connectivity index (χ0n) is 17.5. The lowest BCUT2D eigenvalue weighted by molar-refractivity contribution is -0.0182. The van der Waals surface area contributed by atoms with Crippen LogP contribution in [0.15, 0.2) is 42.5 Å². The van der Waals surface area contributed by atoms with E-state index in [1.54, 1.807) is 0 Å². The summed E-state index contributed by atoms with van der Waals surface area (Å²) in [7, 11) is 0. The maximum absolute atomic E-state index is 13.3. The van der Waals surface area contributed by atoms with Crippen molar-refractivity contribution < 1.29 is 9.53 Å². The molecule has 0 aliphatic carbocycles. The standard InChI is InChI=1S/C23H27ClN4O2/c1-3-27(4-2)23(29)19-7-5-8-21-25-22(17-9-11-18(24)12-10-17)20(28(19)21)15-26-13-6-14-30-16-26/h5,7-12H,3-4,6,13-16H2,1-2H3. The summed E-state index contributed by atoms with van der Waals surface area (Å²) in [6, 6.07) is 13.4. The van der Waals surface area contributed by atoms with Crippen molar-refractivity contribution in [2.45, 2.75) is 26.8 Å². The molecular formula is C23H27ClN4O2. The summed E-state index contributed by atoms with van der Waals surface area (Å²) < 4.78 is 7.67. The van der Waals surface area contributed by atoms with E-state index < -0.39 is 0 Å². The molecule has 0 saturated carbocycles. The third-order valence-corrected chi connectivity index (χ3v) is 5.79. The Hall–Kier alpha value is -2.41. The summed E-state index contributed by atoms with van der Waals surface area (Å²) in [6.07, 6.45) is 0.998. The summed E-state index contributed by atoms with van der Waals surface area (Å²) in [6.45, 7) is 8.32. The van der Waals surface area contributed by atoms with Crippen LogP contribution in [0.25, 0.3) is 16.9 Å². The van der Waals surface area contributed by atoms with Crippen molar-refractivity contribution in [1.29, 1.82) is 0 Å². The number of ether oxygens (including phenoxy) is 1. The third kappa shape index (κ3) is 4.08. The molecule has 1 aliphatic rings. The minimum Gasteiger partial charge on any atom is -0.366 e. The molecule has 2 aromatic heterocycles. The first kappa shape index (κ1) is 20.8. The van der Waals surface area contributed by atoms with Crippen LogP contribution in [0.5, 0.6) is 0 Å². The molecule has 1 fully saturated rings. The lowest BCUT2D eigenvalue weighted by Gasteiger charge is -2.27. The van der Waals surface area contributed by atoms with Crippen molar-refractivity contribution in [3.63, 3.8) is 0 Å². The van der Waals surface area contributed by atoms with Gasteiger partial charge < -0.3 is 9.64 Å². The van der Waals surface area contributed by atoms with Gasteiger partial charge in [-0.05, 0) is 44.5 Å². The summed E-state index contributed by atoms with van der Waals surface area (Å²) in [5.74, 6) is 0.0156. The molecule has 0 unspecified atom stereocenters. The van der Waals surface area contributed by atoms with E-state index >= 15 is 0 Å². The molecule has 3 heterocycles. The minimum absolute atomic E-state index is 0.0156. The predicted molar refractivity (Wildman–Crippen MR) is 119 cm³/mol. The van der Waals surface area contributed by atoms with Gasteiger partial charge in [-0.3, -0.25) is 14.1 Å². The van der Waals surface area contributed by atoms with Crippen LogP contribution in [0.2, 0.25) is 5.02 Å². The zero-order chi connectivity index (χ0) is 21.1. The van der Waals surface area contributed by atoms with Crippen LogP contribution in [0.4, 0.5) is 0 Å². The van der Waals surface area contributed by atoms with Gasteiger partial charge in [-0.25, -0.2) is 4.98 Å². The number of rotatable bonds is 6. The van der Waals surface area contributed by atoms with Crippen LogP contribution in [-0.2, 0) is 11.3 Å². The van der Waals surface area contributed by atoms with Crippen LogP contribution < -0.4 is 0 Å². The number of amides is 1. The molecule has 0 atom stereocenters. The van der Waals surface area contributed by atoms with Crippen molar-refractivity contribution >= 4 is 23.2 Å². The minimum atomic E-state index is 0.0156. The molecule has 0 spiro atoms. The number of benzene rings is 1. The number of pyridine rings is 1. The molecule has 3 aromatic rings.